The minimum atomic E-state index is -0.0937. The highest BCUT2D eigenvalue weighted by atomic mass is 16.5. The molecule has 2 amide bonds. The van der Waals surface area contributed by atoms with Crippen LogP contribution in [0.15, 0.2) is 59.1 Å². The largest absolute Gasteiger partial charge is 0.385 e. The van der Waals surface area contributed by atoms with E-state index in [0.717, 1.165) is 48.6 Å². The summed E-state index contributed by atoms with van der Waals surface area (Å²) in [5.41, 5.74) is 5.37. The number of amides is 2. The number of aromatic nitrogens is 1. The zero-order valence-electron chi connectivity index (χ0n) is 19.4. The van der Waals surface area contributed by atoms with Crippen LogP contribution in [0.1, 0.15) is 30.0 Å². The molecule has 0 atom stereocenters. The molecule has 1 aromatic heterocycles. The van der Waals surface area contributed by atoms with Crippen LogP contribution in [0.25, 0.3) is 11.3 Å². The maximum absolute atomic E-state index is 12.9. The van der Waals surface area contributed by atoms with Gasteiger partial charge in [0.2, 0.25) is 5.88 Å². The third-order valence-corrected chi connectivity index (χ3v) is 5.97. The summed E-state index contributed by atoms with van der Waals surface area (Å²) in [5.74, 6) is 0.740. The molecule has 0 fully saturated rings. The van der Waals surface area contributed by atoms with Crippen LogP contribution < -0.4 is 10.2 Å². The molecule has 2 heterocycles. The van der Waals surface area contributed by atoms with Gasteiger partial charge in [-0.2, -0.15) is 0 Å². The Kier molecular flexibility index (Phi) is 7.62. The molecule has 0 unspecified atom stereocenters. The normalized spacial score (nSPS) is 13.0. The summed E-state index contributed by atoms with van der Waals surface area (Å²) in [4.78, 5) is 16.9. The van der Waals surface area contributed by atoms with E-state index in [0.29, 0.717) is 26.2 Å². The SMILES string of the molecule is CCNC(=O)N(CCCOC)Cc1c(-c2ccccc2)noc1N1CCc2ccccc2C1. The van der Waals surface area contributed by atoms with Crippen molar-refractivity contribution in [3.05, 3.63) is 71.3 Å². The van der Waals surface area contributed by atoms with E-state index in [9.17, 15) is 4.79 Å². The lowest BCUT2D eigenvalue weighted by molar-refractivity contribution is 0.166. The van der Waals surface area contributed by atoms with E-state index in [1.165, 1.54) is 11.1 Å². The van der Waals surface area contributed by atoms with Crippen molar-refractivity contribution >= 4 is 11.9 Å². The maximum atomic E-state index is 12.9. The Morgan fingerprint density at radius 2 is 1.91 bits per heavy atom. The first-order chi connectivity index (χ1) is 16.2. The molecular weight excluding hydrogens is 416 g/mol. The fourth-order valence-corrected chi connectivity index (χ4v) is 4.29. The Morgan fingerprint density at radius 1 is 1.15 bits per heavy atom. The molecule has 4 rings (SSSR count). The molecule has 7 nitrogen and oxygen atoms in total. The first-order valence-corrected chi connectivity index (χ1v) is 11.6. The Morgan fingerprint density at radius 3 is 2.67 bits per heavy atom. The number of nitrogens with one attached hydrogen (secondary N) is 1. The molecule has 0 spiro atoms. The number of carbonyl (C=O) groups is 1. The van der Waals surface area contributed by atoms with Gasteiger partial charge in [0.05, 0.1) is 12.1 Å². The molecule has 0 bridgehead atoms. The van der Waals surface area contributed by atoms with E-state index >= 15 is 0 Å². The Hall–Kier alpha value is -3.32. The summed E-state index contributed by atoms with van der Waals surface area (Å²) in [7, 11) is 1.68. The summed E-state index contributed by atoms with van der Waals surface area (Å²) in [6.45, 7) is 5.70. The molecule has 0 radical (unpaired) electrons. The quantitative estimate of drug-likeness (QED) is 0.489. The van der Waals surface area contributed by atoms with Crippen molar-refractivity contribution in [3.8, 4) is 11.3 Å². The van der Waals surface area contributed by atoms with Crippen molar-refractivity contribution in [2.45, 2.75) is 32.9 Å². The number of benzene rings is 2. The number of urea groups is 1. The molecule has 1 aliphatic rings. The highest BCUT2D eigenvalue weighted by molar-refractivity contribution is 5.75. The molecule has 2 aromatic carbocycles. The van der Waals surface area contributed by atoms with Gasteiger partial charge in [0.25, 0.3) is 0 Å². The molecule has 0 aliphatic carbocycles. The van der Waals surface area contributed by atoms with Crippen molar-refractivity contribution in [1.82, 2.24) is 15.4 Å². The average molecular weight is 449 g/mol. The Labute approximate surface area is 195 Å². The summed E-state index contributed by atoms with van der Waals surface area (Å²) in [6, 6.07) is 18.4. The smallest absolute Gasteiger partial charge is 0.317 e. The molecule has 1 aliphatic heterocycles. The number of carbonyl (C=O) groups excluding carboxylic acids is 1. The lowest BCUT2D eigenvalue weighted by Gasteiger charge is -2.30. The number of nitrogens with zero attached hydrogens (tertiary/aromatic N) is 3. The number of hydrogen-bond donors (Lipinski definition) is 1. The van der Waals surface area contributed by atoms with Gasteiger partial charge in [0.15, 0.2) is 0 Å². The molecule has 0 saturated heterocycles. The summed E-state index contributed by atoms with van der Waals surface area (Å²) in [6.07, 6.45) is 1.71. The summed E-state index contributed by atoms with van der Waals surface area (Å²) < 4.78 is 11.2. The Balaban J connectivity index is 1.68. The molecule has 174 valence electrons. The van der Waals surface area contributed by atoms with Crippen molar-refractivity contribution < 1.29 is 14.1 Å². The molecule has 7 heteroatoms. The monoisotopic (exact) mass is 448 g/mol. The molecule has 0 saturated carbocycles. The Bertz CT molecular complexity index is 1050. The molecule has 1 N–H and O–H groups in total. The second-order valence-electron chi connectivity index (χ2n) is 8.22. The molecule has 33 heavy (non-hydrogen) atoms. The van der Waals surface area contributed by atoms with Gasteiger partial charge in [-0.1, -0.05) is 59.8 Å². The van der Waals surface area contributed by atoms with Gasteiger partial charge in [-0.05, 0) is 30.9 Å². The minimum absolute atomic E-state index is 0.0937. The second kappa shape index (κ2) is 11.0. The van der Waals surface area contributed by atoms with Crippen LogP contribution in [0.5, 0.6) is 0 Å². The number of anilines is 1. The zero-order chi connectivity index (χ0) is 23.0. The third kappa shape index (κ3) is 5.37. The second-order valence-corrected chi connectivity index (χ2v) is 8.22. The summed E-state index contributed by atoms with van der Waals surface area (Å²) in [5, 5.41) is 7.41. The van der Waals surface area contributed by atoms with Gasteiger partial charge >= 0.3 is 6.03 Å². The fraction of sp³-hybridized carbons (Fsp3) is 0.385. The predicted molar refractivity (Wildman–Crippen MR) is 129 cm³/mol. The van der Waals surface area contributed by atoms with E-state index in [1.54, 1.807) is 7.11 Å². The van der Waals surface area contributed by atoms with Gasteiger partial charge < -0.3 is 24.4 Å². The van der Waals surface area contributed by atoms with Crippen LogP contribution >= 0.6 is 0 Å². The number of rotatable bonds is 9. The van der Waals surface area contributed by atoms with Crippen molar-refractivity contribution in [1.29, 1.82) is 0 Å². The van der Waals surface area contributed by atoms with E-state index in [1.807, 2.05) is 42.2 Å². The van der Waals surface area contributed by atoms with Gasteiger partial charge in [0, 0.05) is 45.5 Å². The van der Waals surface area contributed by atoms with E-state index in [-0.39, 0.29) is 6.03 Å². The fourth-order valence-electron chi connectivity index (χ4n) is 4.29. The molecule has 3 aromatic rings. The van der Waals surface area contributed by atoms with Crippen LogP contribution in [0.3, 0.4) is 0 Å². The first kappa shape index (κ1) is 22.9. The predicted octanol–water partition coefficient (Wildman–Crippen LogP) is 4.47. The number of ether oxygens (including phenoxy) is 1. The van der Waals surface area contributed by atoms with Crippen LogP contribution in [0.4, 0.5) is 10.7 Å². The number of hydrogen-bond acceptors (Lipinski definition) is 5. The van der Waals surface area contributed by atoms with Gasteiger partial charge in [0.1, 0.15) is 5.69 Å². The van der Waals surface area contributed by atoms with Crippen LogP contribution in [-0.2, 0) is 24.2 Å². The van der Waals surface area contributed by atoms with Crippen molar-refractivity contribution in [2.24, 2.45) is 0 Å². The first-order valence-electron chi connectivity index (χ1n) is 11.6. The maximum Gasteiger partial charge on any atom is 0.317 e. The highest BCUT2D eigenvalue weighted by Crippen LogP contribution is 2.35. The number of methoxy groups -OCH3 is 1. The van der Waals surface area contributed by atoms with Gasteiger partial charge in [-0.25, -0.2) is 4.79 Å². The van der Waals surface area contributed by atoms with E-state index in [4.69, 9.17) is 9.26 Å². The molecular formula is C26H32N4O3. The summed E-state index contributed by atoms with van der Waals surface area (Å²) >= 11 is 0. The van der Waals surface area contributed by atoms with Crippen LogP contribution in [0, 0.1) is 0 Å². The lowest BCUT2D eigenvalue weighted by atomic mass is 9.99. The highest BCUT2D eigenvalue weighted by Gasteiger charge is 2.28. The number of fused-ring (bicyclic) bond motifs is 1. The zero-order valence-corrected chi connectivity index (χ0v) is 19.4. The van der Waals surface area contributed by atoms with Crippen LogP contribution in [0.2, 0.25) is 0 Å². The topological polar surface area (TPSA) is 70.8 Å². The van der Waals surface area contributed by atoms with Gasteiger partial charge in [-0.3, -0.25) is 0 Å². The van der Waals surface area contributed by atoms with Crippen molar-refractivity contribution in [3.63, 3.8) is 0 Å². The van der Waals surface area contributed by atoms with Crippen LogP contribution in [-0.4, -0.2) is 49.4 Å². The lowest BCUT2D eigenvalue weighted by Crippen LogP contribution is -2.40. The van der Waals surface area contributed by atoms with E-state index < -0.39 is 0 Å². The average Bonchev–Trinajstić information content (AvgIpc) is 3.27. The third-order valence-electron chi connectivity index (χ3n) is 5.97. The van der Waals surface area contributed by atoms with E-state index in [2.05, 4.69) is 39.6 Å². The minimum Gasteiger partial charge on any atom is -0.385 e. The standard InChI is InChI=1S/C26H32N4O3/c1-3-27-26(31)30(15-9-17-32-2)19-23-24(21-11-5-4-6-12-21)28-33-25(23)29-16-14-20-10-7-8-13-22(20)18-29/h4-8,10-13H,3,9,14-19H2,1-2H3,(H,27,31). The van der Waals surface area contributed by atoms with Crippen molar-refractivity contribution in [2.75, 3.05) is 38.3 Å². The van der Waals surface area contributed by atoms with Gasteiger partial charge in [-0.15, -0.1) is 0 Å².